The zero-order valence-electron chi connectivity index (χ0n) is 18.9. The first-order valence-corrected chi connectivity index (χ1v) is 11.4. The Balaban J connectivity index is 1.71. The van der Waals surface area contributed by atoms with E-state index < -0.39 is 11.5 Å². The third-order valence-electron chi connectivity index (χ3n) is 6.97. The second-order valence-corrected chi connectivity index (χ2v) is 8.66. The quantitative estimate of drug-likeness (QED) is 0.715. The van der Waals surface area contributed by atoms with Gasteiger partial charge in [-0.05, 0) is 30.5 Å². The Bertz CT molecular complexity index is 968. The fourth-order valence-electron chi connectivity index (χ4n) is 5.48. The fourth-order valence-corrected chi connectivity index (χ4v) is 5.48. The van der Waals surface area contributed by atoms with Crippen molar-refractivity contribution in [3.8, 4) is 5.75 Å². The van der Waals surface area contributed by atoms with Gasteiger partial charge in [-0.1, -0.05) is 55.7 Å². The van der Waals surface area contributed by atoms with Crippen LogP contribution in [0.4, 0.5) is 0 Å². The first-order valence-electron chi connectivity index (χ1n) is 11.4. The van der Waals surface area contributed by atoms with Crippen LogP contribution in [0.2, 0.25) is 0 Å². The van der Waals surface area contributed by atoms with E-state index in [9.17, 15) is 9.59 Å². The van der Waals surface area contributed by atoms with Crippen LogP contribution in [0, 0.1) is 0 Å². The maximum absolute atomic E-state index is 13.8. The molecule has 4 rings (SSSR count). The molecule has 1 fully saturated rings. The number of para-hydroxylation sites is 1. The summed E-state index contributed by atoms with van der Waals surface area (Å²) in [6.07, 6.45) is 4.79. The molecule has 170 valence electrons. The summed E-state index contributed by atoms with van der Waals surface area (Å²) in [6.45, 7) is 1.31. The molecule has 2 aromatic rings. The van der Waals surface area contributed by atoms with Crippen molar-refractivity contribution in [2.45, 2.75) is 50.1 Å². The first kappa shape index (κ1) is 22.3. The smallest absolute Gasteiger partial charge is 0.254 e. The summed E-state index contributed by atoms with van der Waals surface area (Å²) in [6, 6.07) is 15.3. The molecule has 0 unspecified atom stereocenters. The normalized spacial score (nSPS) is 19.5. The van der Waals surface area contributed by atoms with Gasteiger partial charge in [0.25, 0.3) is 5.91 Å². The molecule has 32 heavy (non-hydrogen) atoms. The molecule has 1 aliphatic carbocycles. The highest BCUT2D eigenvalue weighted by atomic mass is 16.5. The zero-order chi connectivity index (χ0) is 22.6. The number of nitrogens with one attached hydrogen (secondary N) is 1. The predicted molar refractivity (Wildman–Crippen MR) is 123 cm³/mol. The van der Waals surface area contributed by atoms with Gasteiger partial charge in [-0.15, -0.1) is 0 Å². The largest absolute Gasteiger partial charge is 0.496 e. The van der Waals surface area contributed by atoms with E-state index in [0.717, 1.165) is 49.0 Å². The fraction of sp³-hybridized carbons (Fsp3) is 0.462. The average Bonchev–Trinajstić information content (AvgIpc) is 2.83. The van der Waals surface area contributed by atoms with Crippen LogP contribution in [0.1, 0.15) is 59.5 Å². The second kappa shape index (κ2) is 9.74. The van der Waals surface area contributed by atoms with Crippen LogP contribution in [0.25, 0.3) is 0 Å². The Morgan fingerprint density at radius 2 is 1.78 bits per heavy atom. The van der Waals surface area contributed by atoms with Gasteiger partial charge in [-0.2, -0.15) is 0 Å². The van der Waals surface area contributed by atoms with Crippen molar-refractivity contribution in [3.63, 3.8) is 0 Å². The summed E-state index contributed by atoms with van der Waals surface area (Å²) in [5.74, 6) is 0.304. The maximum Gasteiger partial charge on any atom is 0.254 e. The predicted octanol–water partition coefficient (Wildman–Crippen LogP) is 3.90. The minimum absolute atomic E-state index is 0.00771. The van der Waals surface area contributed by atoms with E-state index in [-0.39, 0.29) is 11.8 Å². The van der Waals surface area contributed by atoms with Crippen LogP contribution in [-0.4, -0.2) is 49.6 Å². The lowest BCUT2D eigenvalue weighted by Crippen LogP contribution is -2.63. The van der Waals surface area contributed by atoms with Gasteiger partial charge in [0.2, 0.25) is 5.91 Å². The van der Waals surface area contributed by atoms with Crippen LogP contribution >= 0.6 is 0 Å². The van der Waals surface area contributed by atoms with Crippen LogP contribution in [0.3, 0.4) is 0 Å². The van der Waals surface area contributed by atoms with Crippen LogP contribution in [0.5, 0.6) is 5.75 Å². The number of methoxy groups -OCH3 is 2. The topological polar surface area (TPSA) is 67.9 Å². The number of benzene rings is 2. The number of hydrogen-bond acceptors (Lipinski definition) is 4. The molecule has 1 aliphatic heterocycles. The molecule has 1 spiro atoms. The molecule has 2 aliphatic rings. The van der Waals surface area contributed by atoms with Crippen molar-refractivity contribution in [3.05, 3.63) is 65.2 Å². The Morgan fingerprint density at radius 1 is 1.06 bits per heavy atom. The van der Waals surface area contributed by atoms with E-state index in [0.29, 0.717) is 25.3 Å². The van der Waals surface area contributed by atoms with Gasteiger partial charge in [-0.25, -0.2) is 0 Å². The second-order valence-electron chi connectivity index (χ2n) is 8.66. The number of rotatable bonds is 7. The SMILES string of the molecule is COCCN1C(=O)c2ccccc2[C@@H](C(=O)NCc2ccccc2OC)C12CCCCC2. The molecular formula is C26H32N2O4. The van der Waals surface area contributed by atoms with Gasteiger partial charge in [0.05, 0.1) is 25.2 Å². The molecule has 0 saturated heterocycles. The molecule has 2 aromatic carbocycles. The summed E-state index contributed by atoms with van der Waals surface area (Å²) in [5.41, 5.74) is 1.87. The Kier molecular flexibility index (Phi) is 6.80. The molecule has 0 aromatic heterocycles. The Hall–Kier alpha value is -2.86. The molecule has 1 N–H and O–H groups in total. The summed E-state index contributed by atoms with van der Waals surface area (Å²) in [7, 11) is 3.28. The van der Waals surface area contributed by atoms with E-state index in [1.165, 1.54) is 0 Å². The van der Waals surface area contributed by atoms with Crippen molar-refractivity contribution in [2.75, 3.05) is 27.4 Å². The lowest BCUT2D eigenvalue weighted by Gasteiger charge is -2.53. The Labute approximate surface area is 189 Å². The van der Waals surface area contributed by atoms with Gasteiger partial charge in [-0.3, -0.25) is 9.59 Å². The molecular weight excluding hydrogens is 404 g/mol. The van der Waals surface area contributed by atoms with Crippen molar-refractivity contribution in [1.29, 1.82) is 0 Å². The summed E-state index contributed by atoms with van der Waals surface area (Å²) in [5, 5.41) is 3.16. The molecule has 0 bridgehead atoms. The van der Waals surface area contributed by atoms with E-state index in [1.54, 1.807) is 14.2 Å². The van der Waals surface area contributed by atoms with Gasteiger partial charge in [0, 0.05) is 31.3 Å². The van der Waals surface area contributed by atoms with Crippen LogP contribution < -0.4 is 10.1 Å². The number of nitrogens with zero attached hydrogens (tertiary/aromatic N) is 1. The van der Waals surface area contributed by atoms with E-state index >= 15 is 0 Å². The van der Waals surface area contributed by atoms with Crippen molar-refractivity contribution in [1.82, 2.24) is 10.2 Å². The zero-order valence-corrected chi connectivity index (χ0v) is 18.9. The maximum atomic E-state index is 13.8. The molecule has 6 nitrogen and oxygen atoms in total. The minimum atomic E-state index is -0.521. The van der Waals surface area contributed by atoms with Crippen molar-refractivity contribution < 1.29 is 19.1 Å². The molecule has 0 radical (unpaired) electrons. The van der Waals surface area contributed by atoms with Crippen LogP contribution in [0.15, 0.2) is 48.5 Å². The first-order chi connectivity index (χ1) is 15.6. The highest BCUT2D eigenvalue weighted by Gasteiger charge is 2.54. The molecule has 2 amide bonds. The van der Waals surface area contributed by atoms with Crippen molar-refractivity contribution in [2.24, 2.45) is 0 Å². The number of carbonyl (C=O) groups is 2. The monoisotopic (exact) mass is 436 g/mol. The van der Waals surface area contributed by atoms with E-state index in [4.69, 9.17) is 9.47 Å². The molecule has 1 heterocycles. The standard InChI is InChI=1S/C26H32N2O4/c1-31-17-16-28-25(30)21-12-6-5-11-20(21)23(26(28)14-8-3-9-15-26)24(29)27-18-19-10-4-7-13-22(19)32-2/h4-7,10-13,23H,3,8-9,14-18H2,1-2H3,(H,27,29)/t23-/m0/s1. The number of carbonyl (C=O) groups excluding carboxylic acids is 2. The lowest BCUT2D eigenvalue weighted by molar-refractivity contribution is -0.127. The molecule has 1 atom stereocenters. The Morgan fingerprint density at radius 3 is 2.53 bits per heavy atom. The number of ether oxygens (including phenoxy) is 2. The number of amides is 2. The number of fused-ring (bicyclic) bond motifs is 1. The lowest BCUT2D eigenvalue weighted by atomic mass is 9.65. The third-order valence-corrected chi connectivity index (χ3v) is 6.97. The summed E-state index contributed by atoms with van der Waals surface area (Å²) < 4.78 is 10.8. The van der Waals surface area contributed by atoms with Gasteiger partial charge in [0.1, 0.15) is 5.75 Å². The van der Waals surface area contributed by atoms with E-state index in [1.807, 2.05) is 53.4 Å². The minimum Gasteiger partial charge on any atom is -0.496 e. The number of hydrogen-bond donors (Lipinski definition) is 1. The van der Waals surface area contributed by atoms with Gasteiger partial charge in [0.15, 0.2) is 0 Å². The van der Waals surface area contributed by atoms with Crippen LogP contribution in [-0.2, 0) is 16.1 Å². The highest BCUT2D eigenvalue weighted by molar-refractivity contribution is 6.02. The summed E-state index contributed by atoms with van der Waals surface area (Å²) >= 11 is 0. The van der Waals surface area contributed by atoms with Crippen molar-refractivity contribution >= 4 is 11.8 Å². The molecule has 1 saturated carbocycles. The third kappa shape index (κ3) is 3.99. The molecule has 6 heteroatoms. The van der Waals surface area contributed by atoms with E-state index in [2.05, 4.69) is 5.32 Å². The van der Waals surface area contributed by atoms with Gasteiger partial charge >= 0.3 is 0 Å². The highest BCUT2D eigenvalue weighted by Crippen LogP contribution is 2.49. The average molecular weight is 437 g/mol. The summed E-state index contributed by atoms with van der Waals surface area (Å²) in [4.78, 5) is 29.3. The van der Waals surface area contributed by atoms with Gasteiger partial charge < -0.3 is 19.7 Å².